The molecule has 0 heterocycles. The van der Waals surface area contributed by atoms with Gasteiger partial charge in [-0.15, -0.1) is 0 Å². The number of rotatable bonds is 2. The molecule has 0 aromatic carbocycles. The number of hydrogen-bond donors (Lipinski definition) is 1. The highest BCUT2D eigenvalue weighted by atomic mass is 16.2. The van der Waals surface area contributed by atoms with Crippen molar-refractivity contribution in [1.29, 1.82) is 0 Å². The van der Waals surface area contributed by atoms with Gasteiger partial charge >= 0.3 is 0 Å². The Kier molecular flexibility index (Phi) is 3.75. The molecule has 0 bridgehead atoms. The fraction of sp³-hybridized carbons (Fsp3) is 0.900. The molecule has 1 atom stereocenters. The van der Waals surface area contributed by atoms with Crippen LogP contribution in [0.3, 0.4) is 0 Å². The molecule has 0 aromatic heterocycles. The summed E-state index contributed by atoms with van der Waals surface area (Å²) in [4.78, 5) is 11.5. The minimum absolute atomic E-state index is 0.128. The summed E-state index contributed by atoms with van der Waals surface area (Å²) in [5.74, 6) is 0.625. The van der Waals surface area contributed by atoms with Gasteiger partial charge in [-0.3, -0.25) is 4.79 Å². The lowest BCUT2D eigenvalue weighted by atomic mass is 9.94. The monoisotopic (exact) mass is 171 g/mol. The van der Waals surface area contributed by atoms with Gasteiger partial charge in [-0.25, -0.2) is 0 Å². The van der Waals surface area contributed by atoms with Crippen molar-refractivity contribution in [3.63, 3.8) is 0 Å². The van der Waals surface area contributed by atoms with Crippen molar-refractivity contribution in [2.75, 3.05) is 0 Å². The molecule has 1 N–H and O–H groups in total. The molecular weight excluding hydrogens is 150 g/mol. The second-order valence-electron chi connectivity index (χ2n) is 4.76. The van der Waals surface area contributed by atoms with Crippen molar-refractivity contribution in [2.24, 2.45) is 11.3 Å². The molecule has 72 valence electrons. The molecule has 0 aliphatic heterocycles. The first-order chi connectivity index (χ1) is 5.25. The predicted molar refractivity (Wildman–Crippen MR) is 51.9 cm³/mol. The lowest BCUT2D eigenvalue weighted by molar-refractivity contribution is -0.129. The highest BCUT2D eigenvalue weighted by Gasteiger charge is 2.23. The Balaban J connectivity index is 4.02. The molecule has 0 spiro atoms. The number of carbonyl (C=O) groups excluding carboxylic acids is 1. The van der Waals surface area contributed by atoms with E-state index < -0.39 is 0 Å². The van der Waals surface area contributed by atoms with Crippen molar-refractivity contribution in [2.45, 2.75) is 47.6 Å². The molecule has 0 unspecified atom stereocenters. The van der Waals surface area contributed by atoms with E-state index in [4.69, 9.17) is 0 Å². The van der Waals surface area contributed by atoms with Gasteiger partial charge < -0.3 is 5.32 Å². The molecule has 0 rings (SSSR count). The Labute approximate surface area is 75.7 Å². The van der Waals surface area contributed by atoms with E-state index in [2.05, 4.69) is 19.2 Å². The summed E-state index contributed by atoms with van der Waals surface area (Å²) < 4.78 is 0. The summed E-state index contributed by atoms with van der Waals surface area (Å²) in [6.45, 7) is 12.0. The van der Waals surface area contributed by atoms with Crippen molar-refractivity contribution < 1.29 is 4.79 Å². The Hall–Kier alpha value is -0.530. The largest absolute Gasteiger partial charge is 0.353 e. The van der Waals surface area contributed by atoms with E-state index in [1.807, 2.05) is 27.7 Å². The first kappa shape index (κ1) is 11.5. The third-order valence-electron chi connectivity index (χ3n) is 2.04. The van der Waals surface area contributed by atoms with Crippen LogP contribution in [0.1, 0.15) is 41.5 Å². The minimum Gasteiger partial charge on any atom is -0.353 e. The third-order valence-corrected chi connectivity index (χ3v) is 2.04. The molecule has 12 heavy (non-hydrogen) atoms. The van der Waals surface area contributed by atoms with Crippen LogP contribution in [0.5, 0.6) is 0 Å². The Morgan fingerprint density at radius 3 is 1.83 bits per heavy atom. The van der Waals surface area contributed by atoms with Crippen molar-refractivity contribution in [1.82, 2.24) is 5.32 Å². The average molecular weight is 171 g/mol. The molecule has 0 aromatic rings. The van der Waals surface area contributed by atoms with E-state index >= 15 is 0 Å². The molecule has 0 fully saturated rings. The van der Waals surface area contributed by atoms with Crippen LogP contribution in [0.15, 0.2) is 0 Å². The smallest absolute Gasteiger partial charge is 0.225 e. The summed E-state index contributed by atoms with van der Waals surface area (Å²) in [7, 11) is 0. The Morgan fingerprint density at radius 2 is 1.58 bits per heavy atom. The minimum atomic E-state index is -0.275. The third kappa shape index (κ3) is 3.74. The van der Waals surface area contributed by atoms with E-state index in [-0.39, 0.29) is 17.4 Å². The van der Waals surface area contributed by atoms with Gasteiger partial charge in [-0.05, 0) is 12.8 Å². The lowest BCUT2D eigenvalue weighted by Crippen LogP contribution is -2.42. The maximum absolute atomic E-state index is 11.5. The van der Waals surface area contributed by atoms with E-state index in [1.165, 1.54) is 0 Å². The zero-order valence-corrected chi connectivity index (χ0v) is 9.06. The average Bonchev–Trinajstić information content (AvgIpc) is 1.85. The Morgan fingerprint density at radius 1 is 1.17 bits per heavy atom. The summed E-state index contributed by atoms with van der Waals surface area (Å²) >= 11 is 0. The molecule has 2 nitrogen and oxygen atoms in total. The van der Waals surface area contributed by atoms with Crippen LogP contribution in [0, 0.1) is 11.3 Å². The first-order valence-corrected chi connectivity index (χ1v) is 4.56. The second-order valence-corrected chi connectivity index (χ2v) is 4.76. The van der Waals surface area contributed by atoms with Gasteiger partial charge in [0.2, 0.25) is 5.91 Å². The maximum atomic E-state index is 11.5. The standard InChI is InChI=1S/C10H21NO/c1-7(2)8(3)11-9(12)10(4,5)6/h7-8H,1-6H3,(H,11,12)/t8-/m1/s1. The predicted octanol–water partition coefficient (Wildman–Crippen LogP) is 2.19. The first-order valence-electron chi connectivity index (χ1n) is 4.56. The molecule has 1 amide bonds. The molecule has 0 saturated heterocycles. The summed E-state index contributed by atoms with van der Waals surface area (Å²) in [5, 5.41) is 2.98. The van der Waals surface area contributed by atoms with Gasteiger partial charge in [0.05, 0.1) is 0 Å². The molecular formula is C10H21NO. The Bertz CT molecular complexity index is 156. The topological polar surface area (TPSA) is 29.1 Å². The van der Waals surface area contributed by atoms with Gasteiger partial charge in [0, 0.05) is 11.5 Å². The molecule has 0 aliphatic carbocycles. The van der Waals surface area contributed by atoms with Crippen LogP contribution in [0.4, 0.5) is 0 Å². The fourth-order valence-electron chi connectivity index (χ4n) is 0.590. The number of nitrogens with one attached hydrogen (secondary N) is 1. The zero-order chi connectivity index (χ0) is 9.94. The molecule has 0 radical (unpaired) electrons. The molecule has 0 saturated carbocycles. The van der Waals surface area contributed by atoms with E-state index in [9.17, 15) is 4.79 Å². The number of amides is 1. The summed E-state index contributed by atoms with van der Waals surface area (Å²) in [6.07, 6.45) is 0. The second kappa shape index (κ2) is 3.92. The van der Waals surface area contributed by atoms with Crippen LogP contribution in [0.2, 0.25) is 0 Å². The molecule has 0 aliphatic rings. The summed E-state index contributed by atoms with van der Waals surface area (Å²) in [6, 6.07) is 0.261. The van der Waals surface area contributed by atoms with E-state index in [0.29, 0.717) is 5.92 Å². The zero-order valence-electron chi connectivity index (χ0n) is 9.06. The summed E-state index contributed by atoms with van der Waals surface area (Å²) in [5.41, 5.74) is -0.275. The van der Waals surface area contributed by atoms with Gasteiger partial charge in [-0.2, -0.15) is 0 Å². The van der Waals surface area contributed by atoms with Crippen molar-refractivity contribution >= 4 is 5.91 Å². The van der Waals surface area contributed by atoms with Crippen LogP contribution >= 0.6 is 0 Å². The van der Waals surface area contributed by atoms with Crippen LogP contribution < -0.4 is 5.32 Å². The highest BCUT2D eigenvalue weighted by molar-refractivity contribution is 5.81. The highest BCUT2D eigenvalue weighted by Crippen LogP contribution is 2.13. The van der Waals surface area contributed by atoms with Crippen LogP contribution in [0.25, 0.3) is 0 Å². The maximum Gasteiger partial charge on any atom is 0.225 e. The van der Waals surface area contributed by atoms with Gasteiger partial charge in [-0.1, -0.05) is 34.6 Å². The van der Waals surface area contributed by atoms with Crippen LogP contribution in [-0.2, 0) is 4.79 Å². The number of carbonyl (C=O) groups is 1. The lowest BCUT2D eigenvalue weighted by Gasteiger charge is -2.23. The van der Waals surface area contributed by atoms with Crippen LogP contribution in [-0.4, -0.2) is 11.9 Å². The van der Waals surface area contributed by atoms with Gasteiger partial charge in [0.25, 0.3) is 0 Å². The molecule has 2 heteroatoms. The normalized spacial score (nSPS) is 14.6. The quantitative estimate of drug-likeness (QED) is 0.678. The SMILES string of the molecule is CC(C)[C@@H](C)NC(=O)C(C)(C)C. The van der Waals surface area contributed by atoms with Gasteiger partial charge in [0.1, 0.15) is 0 Å². The van der Waals surface area contributed by atoms with E-state index in [0.717, 1.165) is 0 Å². The number of hydrogen-bond acceptors (Lipinski definition) is 1. The fourth-order valence-corrected chi connectivity index (χ4v) is 0.590. The van der Waals surface area contributed by atoms with E-state index in [1.54, 1.807) is 0 Å². The van der Waals surface area contributed by atoms with Crippen molar-refractivity contribution in [3.05, 3.63) is 0 Å². The van der Waals surface area contributed by atoms with Gasteiger partial charge in [0.15, 0.2) is 0 Å². The van der Waals surface area contributed by atoms with Crippen molar-refractivity contribution in [3.8, 4) is 0 Å².